The molecule has 1 aromatic carbocycles. The highest BCUT2D eigenvalue weighted by Crippen LogP contribution is 2.29. The third-order valence-corrected chi connectivity index (χ3v) is 3.94. The summed E-state index contributed by atoms with van der Waals surface area (Å²) in [6.45, 7) is 1.58. The monoisotopic (exact) mass is 295 g/mol. The number of thiazole rings is 1. The molecule has 2 nitrogen and oxygen atoms in total. The lowest BCUT2D eigenvalue weighted by molar-refractivity contribution is 0.102. The Morgan fingerprint density at radius 3 is 2.56 bits per heavy atom. The fraction of sp³-hybridized carbons (Fsp3) is 0.167. The molecule has 0 spiro atoms. The van der Waals surface area contributed by atoms with Gasteiger partial charge < -0.3 is 0 Å². The molecule has 0 unspecified atom stereocenters. The van der Waals surface area contributed by atoms with Crippen LogP contribution in [0.2, 0.25) is 0 Å². The first kappa shape index (κ1) is 11.5. The van der Waals surface area contributed by atoms with E-state index >= 15 is 0 Å². The summed E-state index contributed by atoms with van der Waals surface area (Å²) in [5.74, 6) is 0.0779. The van der Waals surface area contributed by atoms with Crippen LogP contribution in [-0.2, 0) is 5.33 Å². The summed E-state index contributed by atoms with van der Waals surface area (Å²) in [6.07, 6.45) is 0. The van der Waals surface area contributed by atoms with Crippen LogP contribution in [0.25, 0.3) is 10.6 Å². The molecule has 2 aromatic rings. The zero-order valence-corrected chi connectivity index (χ0v) is 11.1. The van der Waals surface area contributed by atoms with Crippen LogP contribution in [0, 0.1) is 0 Å². The van der Waals surface area contributed by atoms with Gasteiger partial charge in [-0.15, -0.1) is 11.3 Å². The molecule has 0 amide bonds. The number of Topliss-reactive ketones (excluding diaryl/α,β-unsaturated/α-hetero) is 1. The molecular formula is C12H10BrNOS. The molecular weight excluding hydrogens is 286 g/mol. The van der Waals surface area contributed by atoms with Gasteiger partial charge in [0.25, 0.3) is 0 Å². The van der Waals surface area contributed by atoms with Crippen LogP contribution in [0.15, 0.2) is 30.3 Å². The molecule has 0 bridgehead atoms. The van der Waals surface area contributed by atoms with E-state index in [4.69, 9.17) is 0 Å². The van der Waals surface area contributed by atoms with Crippen LogP contribution in [0.4, 0.5) is 0 Å². The number of carbonyl (C=O) groups excluding carboxylic acids is 1. The molecule has 1 heterocycles. The zero-order valence-electron chi connectivity index (χ0n) is 8.74. The second-order valence-electron chi connectivity index (χ2n) is 3.35. The second-order valence-corrected chi connectivity index (χ2v) is 4.91. The topological polar surface area (TPSA) is 30.0 Å². The van der Waals surface area contributed by atoms with Gasteiger partial charge in [-0.05, 0) is 0 Å². The number of aromatic nitrogens is 1. The molecule has 0 atom stereocenters. The number of nitrogens with zero attached hydrogens (tertiary/aromatic N) is 1. The van der Waals surface area contributed by atoms with Crippen LogP contribution in [0.1, 0.15) is 22.3 Å². The SMILES string of the molecule is CC(=O)c1sc(-c2ccccc2)nc1CBr. The molecule has 0 aliphatic heterocycles. The van der Waals surface area contributed by atoms with E-state index in [1.165, 1.54) is 11.3 Å². The zero-order chi connectivity index (χ0) is 11.5. The number of halogens is 1. The van der Waals surface area contributed by atoms with Gasteiger partial charge in [-0.3, -0.25) is 4.79 Å². The summed E-state index contributed by atoms with van der Waals surface area (Å²) >= 11 is 4.81. The van der Waals surface area contributed by atoms with E-state index in [1.807, 2.05) is 30.3 Å². The Kier molecular flexibility index (Phi) is 3.51. The molecule has 1 aromatic heterocycles. The number of benzene rings is 1. The van der Waals surface area contributed by atoms with Gasteiger partial charge in [-0.1, -0.05) is 46.3 Å². The maximum absolute atomic E-state index is 11.4. The van der Waals surface area contributed by atoms with Crippen LogP contribution >= 0.6 is 27.3 Å². The van der Waals surface area contributed by atoms with E-state index in [1.54, 1.807) is 6.92 Å². The fourth-order valence-electron chi connectivity index (χ4n) is 1.42. The normalized spacial score (nSPS) is 10.4. The Bertz CT molecular complexity index is 507. The van der Waals surface area contributed by atoms with Crippen LogP contribution < -0.4 is 0 Å². The Balaban J connectivity index is 2.48. The summed E-state index contributed by atoms with van der Waals surface area (Å²) in [6, 6.07) is 9.91. The smallest absolute Gasteiger partial charge is 0.171 e. The minimum atomic E-state index is 0.0779. The lowest BCUT2D eigenvalue weighted by Crippen LogP contribution is -1.92. The summed E-state index contributed by atoms with van der Waals surface area (Å²) in [5.41, 5.74) is 1.89. The van der Waals surface area contributed by atoms with E-state index < -0.39 is 0 Å². The van der Waals surface area contributed by atoms with Gasteiger partial charge in [0.05, 0.1) is 10.6 Å². The van der Waals surface area contributed by atoms with Gasteiger partial charge in [0.15, 0.2) is 5.78 Å². The van der Waals surface area contributed by atoms with Gasteiger partial charge in [0.2, 0.25) is 0 Å². The standard InChI is InChI=1S/C12H10BrNOS/c1-8(15)11-10(7-13)14-12(16-11)9-5-3-2-4-6-9/h2-6H,7H2,1H3. The first-order valence-corrected chi connectivity index (χ1v) is 6.78. The highest BCUT2D eigenvalue weighted by Gasteiger charge is 2.14. The Morgan fingerprint density at radius 1 is 1.38 bits per heavy atom. The van der Waals surface area contributed by atoms with E-state index in [0.29, 0.717) is 5.33 Å². The number of hydrogen-bond acceptors (Lipinski definition) is 3. The maximum atomic E-state index is 11.4. The van der Waals surface area contributed by atoms with Crippen molar-refractivity contribution in [2.75, 3.05) is 0 Å². The van der Waals surface area contributed by atoms with Crippen molar-refractivity contribution >= 4 is 33.0 Å². The third-order valence-electron chi connectivity index (χ3n) is 2.16. The molecule has 16 heavy (non-hydrogen) atoms. The van der Waals surface area contributed by atoms with E-state index in [-0.39, 0.29) is 5.78 Å². The predicted molar refractivity (Wildman–Crippen MR) is 70.2 cm³/mol. The maximum Gasteiger partial charge on any atom is 0.171 e. The lowest BCUT2D eigenvalue weighted by atomic mass is 10.2. The van der Waals surface area contributed by atoms with Crippen molar-refractivity contribution in [3.63, 3.8) is 0 Å². The number of ketones is 1. The Hall–Kier alpha value is -1.00. The van der Waals surface area contributed by atoms with Crippen molar-refractivity contribution in [3.8, 4) is 10.6 Å². The first-order chi connectivity index (χ1) is 7.72. The molecule has 82 valence electrons. The Labute approximate surface area is 106 Å². The van der Waals surface area contributed by atoms with Crippen LogP contribution in [0.3, 0.4) is 0 Å². The molecule has 0 aliphatic carbocycles. The average Bonchev–Trinajstić information content (AvgIpc) is 2.74. The van der Waals surface area contributed by atoms with E-state index in [9.17, 15) is 4.79 Å². The van der Waals surface area contributed by atoms with Gasteiger partial charge in [0.1, 0.15) is 5.01 Å². The first-order valence-electron chi connectivity index (χ1n) is 4.84. The lowest BCUT2D eigenvalue weighted by Gasteiger charge is -1.92. The van der Waals surface area contributed by atoms with Crippen molar-refractivity contribution < 1.29 is 4.79 Å². The molecule has 2 rings (SSSR count). The number of carbonyl (C=O) groups is 1. The summed E-state index contributed by atoms with van der Waals surface area (Å²) in [7, 11) is 0. The van der Waals surface area contributed by atoms with Crippen molar-refractivity contribution in [1.82, 2.24) is 4.98 Å². The molecule has 0 aliphatic rings. The van der Waals surface area contributed by atoms with Crippen molar-refractivity contribution in [2.24, 2.45) is 0 Å². The average molecular weight is 296 g/mol. The fourth-order valence-corrected chi connectivity index (χ4v) is 3.00. The van der Waals surface area contributed by atoms with E-state index in [0.717, 1.165) is 21.1 Å². The highest BCUT2D eigenvalue weighted by molar-refractivity contribution is 9.08. The quantitative estimate of drug-likeness (QED) is 0.635. The molecule has 0 radical (unpaired) electrons. The van der Waals surface area contributed by atoms with Crippen LogP contribution in [0.5, 0.6) is 0 Å². The van der Waals surface area contributed by atoms with Gasteiger partial charge >= 0.3 is 0 Å². The number of rotatable bonds is 3. The number of alkyl halides is 1. The largest absolute Gasteiger partial charge is 0.294 e. The molecule has 0 saturated heterocycles. The minimum Gasteiger partial charge on any atom is -0.294 e. The van der Waals surface area contributed by atoms with Crippen molar-refractivity contribution in [1.29, 1.82) is 0 Å². The van der Waals surface area contributed by atoms with Gasteiger partial charge in [-0.25, -0.2) is 4.98 Å². The minimum absolute atomic E-state index is 0.0779. The van der Waals surface area contributed by atoms with Gasteiger partial charge in [0, 0.05) is 17.8 Å². The van der Waals surface area contributed by atoms with Gasteiger partial charge in [-0.2, -0.15) is 0 Å². The van der Waals surface area contributed by atoms with E-state index in [2.05, 4.69) is 20.9 Å². The van der Waals surface area contributed by atoms with Crippen molar-refractivity contribution in [2.45, 2.75) is 12.3 Å². The second kappa shape index (κ2) is 4.89. The molecule has 0 saturated carbocycles. The van der Waals surface area contributed by atoms with Crippen molar-refractivity contribution in [3.05, 3.63) is 40.9 Å². The summed E-state index contributed by atoms with van der Waals surface area (Å²) in [5, 5.41) is 1.52. The third kappa shape index (κ3) is 2.23. The summed E-state index contributed by atoms with van der Waals surface area (Å²) < 4.78 is 0. The highest BCUT2D eigenvalue weighted by atomic mass is 79.9. The Morgan fingerprint density at radius 2 is 2.06 bits per heavy atom. The molecule has 4 heteroatoms. The van der Waals surface area contributed by atoms with Crippen LogP contribution in [-0.4, -0.2) is 10.8 Å². The molecule has 0 fully saturated rings. The molecule has 0 N–H and O–H groups in total. The summed E-state index contributed by atoms with van der Waals surface area (Å²) in [4.78, 5) is 16.6. The number of hydrogen-bond donors (Lipinski definition) is 0. The predicted octanol–water partition coefficient (Wildman–Crippen LogP) is 3.91.